The molecule has 7 heteroatoms. The molecule has 0 aliphatic carbocycles. The monoisotopic (exact) mass is 358 g/mol. The molecular weight excluding hydrogens is 332 g/mol. The fraction of sp³-hybridized carbons (Fsp3) is 0.526. The number of amides is 2. The number of ether oxygens (including phenoxy) is 1. The van der Waals surface area contributed by atoms with Crippen molar-refractivity contribution in [2.45, 2.75) is 39.2 Å². The van der Waals surface area contributed by atoms with Crippen LogP contribution < -0.4 is 5.32 Å². The van der Waals surface area contributed by atoms with Crippen LogP contribution in [0.4, 0.5) is 4.79 Å². The summed E-state index contributed by atoms with van der Waals surface area (Å²) in [6, 6.07) is 7.52. The Morgan fingerprint density at radius 1 is 1.38 bits per heavy atom. The quantitative estimate of drug-likeness (QED) is 0.825. The number of nitrogens with zero attached hydrogens (tertiary/aromatic N) is 3. The van der Waals surface area contributed by atoms with E-state index in [4.69, 9.17) is 4.74 Å². The molecule has 26 heavy (non-hydrogen) atoms. The molecule has 1 aliphatic heterocycles. The van der Waals surface area contributed by atoms with Crippen molar-refractivity contribution in [2.75, 3.05) is 26.2 Å². The summed E-state index contributed by atoms with van der Waals surface area (Å²) in [6.45, 7) is 6.02. The van der Waals surface area contributed by atoms with Gasteiger partial charge in [-0.15, -0.1) is 0 Å². The average molecular weight is 358 g/mol. The molecule has 1 fully saturated rings. The molecule has 140 valence electrons. The summed E-state index contributed by atoms with van der Waals surface area (Å²) < 4.78 is 7.02. The molecule has 7 nitrogen and oxygen atoms in total. The first-order valence-corrected chi connectivity index (χ1v) is 9.27. The fourth-order valence-corrected chi connectivity index (χ4v) is 3.31. The summed E-state index contributed by atoms with van der Waals surface area (Å²) in [5.74, 6) is 0.854. The van der Waals surface area contributed by atoms with Crippen molar-refractivity contribution in [1.82, 2.24) is 19.8 Å². The molecule has 3 rings (SSSR count). The van der Waals surface area contributed by atoms with Crippen LogP contribution in [0, 0.1) is 0 Å². The Hall–Kier alpha value is -2.57. The Labute approximate surface area is 153 Å². The molecule has 1 N–H and O–H groups in total. The maximum Gasteiger partial charge on any atom is 0.409 e. The third-order valence-corrected chi connectivity index (χ3v) is 4.65. The van der Waals surface area contributed by atoms with Crippen LogP contribution in [0.5, 0.6) is 0 Å². The van der Waals surface area contributed by atoms with E-state index >= 15 is 0 Å². The molecule has 1 aliphatic rings. The third-order valence-electron chi connectivity index (χ3n) is 4.65. The Morgan fingerprint density at radius 3 is 2.96 bits per heavy atom. The van der Waals surface area contributed by atoms with E-state index in [0.717, 1.165) is 36.1 Å². The normalized spacial score (nSPS) is 15.8. The molecule has 2 amide bonds. The Balaban J connectivity index is 1.67. The van der Waals surface area contributed by atoms with Crippen molar-refractivity contribution in [3.8, 4) is 0 Å². The molecule has 1 atom stereocenters. The highest BCUT2D eigenvalue weighted by molar-refractivity contribution is 5.84. The van der Waals surface area contributed by atoms with E-state index in [9.17, 15) is 9.59 Å². The number of imidazole rings is 1. The number of hydrogen-bond acceptors (Lipinski definition) is 4. The Morgan fingerprint density at radius 2 is 2.19 bits per heavy atom. The first kappa shape index (κ1) is 18.2. The van der Waals surface area contributed by atoms with E-state index < -0.39 is 0 Å². The number of para-hydroxylation sites is 2. The Bertz CT molecular complexity index is 786. The number of rotatable bonds is 7. The SMILES string of the molecule is CCCc1nc2ccccc2n1[C@H](C)C(=O)NCCN1CCCOC1=O. The number of fused-ring (bicyclic) bond motifs is 1. The van der Waals surface area contributed by atoms with Gasteiger partial charge in [-0.2, -0.15) is 0 Å². The zero-order chi connectivity index (χ0) is 18.5. The second kappa shape index (κ2) is 8.21. The second-order valence-electron chi connectivity index (χ2n) is 6.56. The van der Waals surface area contributed by atoms with Crippen molar-refractivity contribution in [1.29, 1.82) is 0 Å². The van der Waals surface area contributed by atoms with Crippen LogP contribution in [-0.4, -0.2) is 52.7 Å². The van der Waals surface area contributed by atoms with Gasteiger partial charge in [0, 0.05) is 26.1 Å². The second-order valence-corrected chi connectivity index (χ2v) is 6.56. The van der Waals surface area contributed by atoms with Gasteiger partial charge in [-0.3, -0.25) is 4.79 Å². The smallest absolute Gasteiger partial charge is 0.409 e. The van der Waals surface area contributed by atoms with Crippen molar-refractivity contribution >= 4 is 23.0 Å². The lowest BCUT2D eigenvalue weighted by atomic mass is 10.2. The van der Waals surface area contributed by atoms with Gasteiger partial charge in [0.15, 0.2) is 0 Å². The number of aryl methyl sites for hydroxylation is 1. The Kier molecular flexibility index (Phi) is 5.75. The highest BCUT2D eigenvalue weighted by atomic mass is 16.6. The van der Waals surface area contributed by atoms with Crippen LogP contribution in [0.15, 0.2) is 24.3 Å². The number of benzene rings is 1. The van der Waals surface area contributed by atoms with Crippen molar-refractivity contribution in [3.63, 3.8) is 0 Å². The molecule has 0 bridgehead atoms. The third kappa shape index (κ3) is 3.81. The molecule has 1 aromatic heterocycles. The van der Waals surface area contributed by atoms with Crippen molar-refractivity contribution in [2.24, 2.45) is 0 Å². The summed E-state index contributed by atoms with van der Waals surface area (Å²) >= 11 is 0. The van der Waals surface area contributed by atoms with Crippen LogP contribution in [0.25, 0.3) is 11.0 Å². The predicted octanol–water partition coefficient (Wildman–Crippen LogP) is 2.51. The minimum atomic E-state index is -0.364. The molecule has 0 unspecified atom stereocenters. The lowest BCUT2D eigenvalue weighted by molar-refractivity contribution is -0.123. The summed E-state index contributed by atoms with van der Waals surface area (Å²) in [7, 11) is 0. The maximum absolute atomic E-state index is 12.7. The largest absolute Gasteiger partial charge is 0.449 e. The lowest BCUT2D eigenvalue weighted by Crippen LogP contribution is -2.43. The number of nitrogens with one attached hydrogen (secondary N) is 1. The van der Waals surface area contributed by atoms with Gasteiger partial charge in [-0.25, -0.2) is 9.78 Å². The van der Waals surface area contributed by atoms with Crippen molar-refractivity contribution < 1.29 is 14.3 Å². The minimum absolute atomic E-state index is 0.0733. The molecule has 0 radical (unpaired) electrons. The number of aromatic nitrogens is 2. The highest BCUT2D eigenvalue weighted by Crippen LogP contribution is 2.22. The number of carbonyl (C=O) groups excluding carboxylic acids is 2. The lowest BCUT2D eigenvalue weighted by Gasteiger charge is -2.26. The summed E-state index contributed by atoms with van der Waals surface area (Å²) in [6.07, 6.45) is 2.32. The highest BCUT2D eigenvalue weighted by Gasteiger charge is 2.22. The van der Waals surface area contributed by atoms with Gasteiger partial charge in [0.05, 0.1) is 17.6 Å². The molecule has 0 saturated carbocycles. The van der Waals surface area contributed by atoms with Crippen LogP contribution >= 0.6 is 0 Å². The van der Waals surface area contributed by atoms with Gasteiger partial charge < -0.3 is 19.5 Å². The number of cyclic esters (lactones) is 1. The van der Waals surface area contributed by atoms with Gasteiger partial charge in [0.25, 0.3) is 0 Å². The zero-order valence-electron chi connectivity index (χ0n) is 15.4. The molecule has 0 spiro atoms. The van der Waals surface area contributed by atoms with Gasteiger partial charge in [-0.05, 0) is 31.9 Å². The predicted molar refractivity (Wildman–Crippen MR) is 99.0 cm³/mol. The fourth-order valence-electron chi connectivity index (χ4n) is 3.31. The summed E-state index contributed by atoms with van der Waals surface area (Å²) in [5.41, 5.74) is 1.88. The van der Waals surface area contributed by atoms with E-state index in [-0.39, 0.29) is 18.0 Å². The van der Waals surface area contributed by atoms with Gasteiger partial charge in [0.1, 0.15) is 11.9 Å². The molecule has 2 heterocycles. The molecule has 2 aromatic rings. The topological polar surface area (TPSA) is 76.5 Å². The number of hydrogen-bond donors (Lipinski definition) is 1. The van der Waals surface area contributed by atoms with E-state index in [1.165, 1.54) is 0 Å². The molecular formula is C19H26N4O3. The van der Waals surface area contributed by atoms with Crippen LogP contribution in [-0.2, 0) is 16.0 Å². The van der Waals surface area contributed by atoms with Crippen molar-refractivity contribution in [3.05, 3.63) is 30.1 Å². The van der Waals surface area contributed by atoms with E-state index in [1.807, 2.05) is 35.8 Å². The van der Waals surface area contributed by atoms with E-state index in [1.54, 1.807) is 4.90 Å². The van der Waals surface area contributed by atoms with E-state index in [0.29, 0.717) is 26.2 Å². The number of carbonyl (C=O) groups is 2. The summed E-state index contributed by atoms with van der Waals surface area (Å²) in [4.78, 5) is 30.6. The van der Waals surface area contributed by atoms with E-state index in [2.05, 4.69) is 17.2 Å². The first-order chi connectivity index (χ1) is 12.6. The summed E-state index contributed by atoms with van der Waals surface area (Å²) in [5, 5.41) is 2.94. The van der Waals surface area contributed by atoms with Crippen LogP contribution in [0.3, 0.4) is 0 Å². The standard InChI is InChI=1S/C19H26N4O3/c1-3-7-17-21-15-8-4-5-9-16(15)23(17)14(2)18(24)20-10-12-22-11-6-13-26-19(22)25/h4-5,8-9,14H,3,6-7,10-13H2,1-2H3,(H,20,24)/t14-/m1/s1. The van der Waals surface area contributed by atoms with Crippen LogP contribution in [0.1, 0.15) is 38.6 Å². The van der Waals surface area contributed by atoms with Gasteiger partial charge in [0.2, 0.25) is 5.91 Å². The minimum Gasteiger partial charge on any atom is -0.449 e. The zero-order valence-corrected chi connectivity index (χ0v) is 15.4. The first-order valence-electron chi connectivity index (χ1n) is 9.27. The van der Waals surface area contributed by atoms with Crippen LogP contribution in [0.2, 0.25) is 0 Å². The molecule has 1 aromatic carbocycles. The molecule has 1 saturated heterocycles. The maximum atomic E-state index is 12.7. The van der Waals surface area contributed by atoms with Gasteiger partial charge in [-0.1, -0.05) is 19.1 Å². The average Bonchev–Trinajstić information content (AvgIpc) is 3.01. The van der Waals surface area contributed by atoms with Gasteiger partial charge >= 0.3 is 6.09 Å².